The van der Waals surface area contributed by atoms with Crippen LogP contribution in [0.2, 0.25) is 0 Å². The molecule has 0 fully saturated rings. The van der Waals surface area contributed by atoms with Crippen molar-refractivity contribution in [3.63, 3.8) is 0 Å². The quantitative estimate of drug-likeness (QED) is 0.122. The first-order chi connectivity index (χ1) is 68.4. The molecule has 11 heteroatoms. The van der Waals surface area contributed by atoms with Crippen LogP contribution < -0.4 is 0 Å². The molecule has 139 heavy (non-hydrogen) atoms. The van der Waals surface area contributed by atoms with E-state index in [1.54, 1.807) is 0 Å². The van der Waals surface area contributed by atoms with Gasteiger partial charge in [-0.1, -0.05) is 344 Å². The Morgan fingerprint density at radius 2 is 0.727 bits per heavy atom. The molecule has 26 aromatic rings. The molecule has 0 radical (unpaired) electrons. The van der Waals surface area contributed by atoms with Crippen molar-refractivity contribution in [3.05, 3.63) is 433 Å². The maximum Gasteiger partial charge on any atom is 0.180 e. The topological polar surface area (TPSA) is 143 Å². The van der Waals surface area contributed by atoms with Gasteiger partial charge in [0.05, 0.1) is 28.0 Å². The van der Waals surface area contributed by atoms with E-state index in [9.17, 15) is 0 Å². The van der Waals surface area contributed by atoms with E-state index in [2.05, 4.69) is 351 Å². The number of furan rings is 5. The fourth-order valence-electron chi connectivity index (χ4n) is 23.8. The molecule has 8 aromatic heterocycles. The predicted octanol–water partition coefficient (Wildman–Crippen LogP) is 34.3. The van der Waals surface area contributed by atoms with Crippen molar-refractivity contribution in [2.24, 2.45) is 5.92 Å². The standard InChI is InChI=1S/C46H28N2O2.C42H30N2O.C40H30N2O2/c1-46(27-14-3-2-4-15-27)34-21-9-5-16-28(34)41-33(26-39-42(43(41)46)31-19-8-12-24-37(31)50-39)45-47-35-22-10-6-17-29(35)44(48-45)32-20-13-25-38-40(32)30-18-7-11-23-36(30)49-38;1-3-42(2)34-20-11-10-17-29(34)30-22-24-36-37(38(30)42)31-18-12-19-32(40(31)45-36)41-43-35-23-21-28(26-13-6-4-7-14-26)25-33(35)39(44-41)27-15-8-5-9-16-27;1-4-40(23(2)3)30-22-25(18-19-26(30)27-20-21-33-34(35(27)40)28-14-8-10-16-31(28)43-33)36-38-37(29-15-9-11-17-32(29)44-38)42-39(41-36)24-12-6-5-7-13-24/h2-26H,1H3;4-25H,3H2,1-2H3;5-23H,4H2,1-3H3. The highest BCUT2D eigenvalue weighted by molar-refractivity contribution is 6.19. The van der Waals surface area contributed by atoms with Crippen LogP contribution in [0.1, 0.15) is 93.3 Å². The second-order valence-electron chi connectivity index (χ2n) is 37.8. The largest absolute Gasteiger partial charge is 0.456 e. The van der Waals surface area contributed by atoms with E-state index >= 15 is 0 Å². The Hall–Kier alpha value is -17.3. The molecule has 0 aliphatic heterocycles. The van der Waals surface area contributed by atoms with E-state index in [4.69, 9.17) is 52.0 Å². The zero-order chi connectivity index (χ0) is 92.7. The Labute approximate surface area is 800 Å². The third kappa shape index (κ3) is 12.2. The van der Waals surface area contributed by atoms with Gasteiger partial charge in [-0.25, -0.2) is 29.9 Å². The Balaban J connectivity index is 0.000000105. The van der Waals surface area contributed by atoms with Gasteiger partial charge in [-0.05, 0) is 194 Å². The van der Waals surface area contributed by atoms with E-state index in [0.29, 0.717) is 23.4 Å². The third-order valence-corrected chi connectivity index (χ3v) is 30.4. The van der Waals surface area contributed by atoms with Crippen molar-refractivity contribution in [3.8, 4) is 112 Å². The fraction of sp³-hybridized carbons (Fsp3) is 0.0938. The molecule has 3 unspecified atom stereocenters. The van der Waals surface area contributed by atoms with E-state index < -0.39 is 5.41 Å². The number of hydrogen-bond acceptors (Lipinski definition) is 11. The number of nitrogens with zero attached hydrogens (tertiary/aromatic N) is 6. The summed E-state index contributed by atoms with van der Waals surface area (Å²) in [5, 5.41) is 12.1. The number of para-hydroxylation sites is 6. The lowest BCUT2D eigenvalue weighted by Gasteiger charge is -2.36. The number of fused-ring (bicyclic) bond motifs is 29. The lowest BCUT2D eigenvalue weighted by atomic mass is 9.67. The molecule has 3 atom stereocenters. The van der Waals surface area contributed by atoms with Crippen LogP contribution in [-0.4, -0.2) is 29.9 Å². The highest BCUT2D eigenvalue weighted by Gasteiger charge is 2.49. The fourth-order valence-corrected chi connectivity index (χ4v) is 23.8. The predicted molar refractivity (Wildman–Crippen MR) is 567 cm³/mol. The van der Waals surface area contributed by atoms with Crippen LogP contribution in [0, 0.1) is 5.92 Å². The van der Waals surface area contributed by atoms with E-state index in [1.165, 1.54) is 88.5 Å². The maximum absolute atomic E-state index is 6.75. The summed E-state index contributed by atoms with van der Waals surface area (Å²) >= 11 is 0. The van der Waals surface area contributed by atoms with Crippen LogP contribution in [0.15, 0.2) is 416 Å². The Kier molecular flexibility index (Phi) is 18.4. The first-order valence-electron chi connectivity index (χ1n) is 48.1. The van der Waals surface area contributed by atoms with Crippen LogP contribution >= 0.6 is 0 Å². The van der Waals surface area contributed by atoms with E-state index in [-0.39, 0.29) is 10.8 Å². The van der Waals surface area contributed by atoms with E-state index in [0.717, 1.165) is 190 Å². The maximum atomic E-state index is 6.75. The van der Waals surface area contributed by atoms with Crippen LogP contribution in [-0.2, 0) is 16.2 Å². The normalized spacial score (nSPS) is 15.6. The van der Waals surface area contributed by atoms with Crippen LogP contribution in [0.5, 0.6) is 0 Å². The summed E-state index contributed by atoms with van der Waals surface area (Å²) in [4.78, 5) is 31.5. The SMILES string of the molecule is CC1(c2ccccc2)c2ccccc2-c2c(-c3nc(-c4cccc5oc6ccccc6c45)c4ccccc4n3)cc3oc4ccccc4c3c21.CCC1(C(C)C)c2cc(-c3nc(-c4ccccc4)nc4c3oc3ccccc34)ccc2-c2ccc3oc4ccccc4c3c21.CCC1(C)c2ccccc2-c2ccc3oc4c(-c5nc(-c6ccccc6)c6cc(-c7ccccc7)ccc6n5)cccc4c3c21. The molecule has 29 rings (SSSR count). The van der Waals surface area contributed by atoms with Gasteiger partial charge in [0.25, 0.3) is 0 Å². The van der Waals surface area contributed by atoms with Crippen molar-refractivity contribution in [1.29, 1.82) is 0 Å². The number of rotatable bonds is 11. The van der Waals surface area contributed by atoms with Crippen molar-refractivity contribution in [2.75, 3.05) is 0 Å². The first-order valence-corrected chi connectivity index (χ1v) is 48.1. The molecule has 0 bridgehead atoms. The summed E-state index contributed by atoms with van der Waals surface area (Å²) in [5.74, 6) is 2.37. The summed E-state index contributed by atoms with van der Waals surface area (Å²) in [6.07, 6.45) is 1.97. The molecule has 3 aliphatic carbocycles. The molecule has 3 aliphatic rings. The van der Waals surface area contributed by atoms with Gasteiger partial charge in [-0.3, -0.25) is 0 Å². The van der Waals surface area contributed by atoms with Gasteiger partial charge in [0.15, 0.2) is 23.1 Å². The first kappa shape index (κ1) is 81.3. The highest BCUT2D eigenvalue weighted by Crippen LogP contribution is 2.62. The minimum absolute atomic E-state index is 0.103. The number of aromatic nitrogens is 6. The molecule has 0 amide bonds. The average molecular weight is 1790 g/mol. The molecule has 8 heterocycles. The van der Waals surface area contributed by atoms with Gasteiger partial charge in [0.2, 0.25) is 0 Å². The average Bonchev–Trinajstić information content (AvgIpc) is 1.53. The van der Waals surface area contributed by atoms with Gasteiger partial charge in [-0.15, -0.1) is 0 Å². The van der Waals surface area contributed by atoms with Gasteiger partial charge in [0.1, 0.15) is 61.5 Å². The monoisotopic (exact) mass is 1790 g/mol. The lowest BCUT2D eigenvalue weighted by Crippen LogP contribution is -2.31. The molecule has 0 N–H and O–H groups in total. The molecule has 660 valence electrons. The van der Waals surface area contributed by atoms with Gasteiger partial charge in [-0.2, -0.15) is 0 Å². The number of hydrogen-bond donors (Lipinski definition) is 0. The van der Waals surface area contributed by atoms with Crippen molar-refractivity contribution < 1.29 is 22.1 Å². The Morgan fingerprint density at radius 3 is 1.42 bits per heavy atom. The van der Waals surface area contributed by atoms with Crippen LogP contribution in [0.4, 0.5) is 0 Å². The van der Waals surface area contributed by atoms with Gasteiger partial charge < -0.3 is 22.1 Å². The molecule has 11 nitrogen and oxygen atoms in total. The summed E-state index contributed by atoms with van der Waals surface area (Å²) in [5.41, 5.74) is 38.0. The van der Waals surface area contributed by atoms with Gasteiger partial charge in [0, 0.05) is 103 Å². The molecule has 0 spiro atoms. The summed E-state index contributed by atoms with van der Waals surface area (Å²) < 4.78 is 32.7. The van der Waals surface area contributed by atoms with Gasteiger partial charge >= 0.3 is 0 Å². The number of benzene rings is 18. The minimum atomic E-state index is -0.449. The highest BCUT2D eigenvalue weighted by atomic mass is 16.3. The van der Waals surface area contributed by atoms with Crippen molar-refractivity contribution >= 4 is 132 Å². The smallest absolute Gasteiger partial charge is 0.180 e. The Morgan fingerprint density at radius 1 is 0.252 bits per heavy atom. The summed E-state index contributed by atoms with van der Waals surface area (Å²) in [7, 11) is 0. The third-order valence-electron chi connectivity index (χ3n) is 30.4. The van der Waals surface area contributed by atoms with Crippen molar-refractivity contribution in [2.45, 2.75) is 70.6 Å². The molecular formula is C128H88N6O5. The van der Waals surface area contributed by atoms with Crippen LogP contribution in [0.25, 0.3) is 244 Å². The van der Waals surface area contributed by atoms with Crippen LogP contribution in [0.3, 0.4) is 0 Å². The van der Waals surface area contributed by atoms with Crippen molar-refractivity contribution in [1.82, 2.24) is 29.9 Å². The zero-order valence-electron chi connectivity index (χ0n) is 77.2. The zero-order valence-corrected chi connectivity index (χ0v) is 77.2. The molecule has 18 aromatic carbocycles. The Bertz CT molecular complexity index is 9580. The molecule has 0 saturated carbocycles. The minimum Gasteiger partial charge on any atom is -0.456 e. The summed E-state index contributed by atoms with van der Waals surface area (Å²) in [6, 6.07) is 138. The lowest BCUT2D eigenvalue weighted by molar-refractivity contribution is 0.369. The second-order valence-corrected chi connectivity index (χ2v) is 37.8. The van der Waals surface area contributed by atoms with E-state index in [1.807, 2.05) is 84.9 Å². The summed E-state index contributed by atoms with van der Waals surface area (Å²) in [6.45, 7) is 14.0. The molecule has 0 saturated heterocycles. The second kappa shape index (κ2) is 31.4. The molecular weight excluding hydrogens is 1700 g/mol.